The Morgan fingerprint density at radius 1 is 1.28 bits per heavy atom. The lowest BCUT2D eigenvalue weighted by molar-refractivity contribution is -0.130. The fraction of sp³-hybridized carbons (Fsp3) is 0.364. The first kappa shape index (κ1) is 14.7. The highest BCUT2D eigenvalue weighted by atomic mass is 35.5. The Hall–Kier alpha value is -1.33. The highest BCUT2D eigenvalue weighted by Gasteiger charge is 2.18. The van der Waals surface area contributed by atoms with Crippen molar-refractivity contribution >= 4 is 35.0 Å². The maximum absolute atomic E-state index is 11.9. The first-order chi connectivity index (χ1) is 8.31. The summed E-state index contributed by atoms with van der Waals surface area (Å²) >= 11 is 11.4. The van der Waals surface area contributed by atoms with Crippen molar-refractivity contribution in [3.8, 4) is 0 Å². The molecule has 0 aliphatic carbocycles. The van der Waals surface area contributed by atoms with Gasteiger partial charge in [-0.15, -0.1) is 0 Å². The zero-order chi connectivity index (χ0) is 13.9. The molecule has 1 N–H and O–H groups in total. The monoisotopic (exact) mass is 289 g/mol. The third-order valence-electron chi connectivity index (χ3n) is 2.18. The third-order valence-corrected chi connectivity index (χ3v) is 2.57. The minimum Gasteiger partial charge on any atom is -0.347 e. The number of hydrogen-bond acceptors (Lipinski definition) is 3. The van der Waals surface area contributed by atoms with Gasteiger partial charge < -0.3 is 10.2 Å². The van der Waals surface area contributed by atoms with Gasteiger partial charge in [-0.25, -0.2) is 4.98 Å². The van der Waals surface area contributed by atoms with E-state index in [-0.39, 0.29) is 21.8 Å². The summed E-state index contributed by atoms with van der Waals surface area (Å²) in [6, 6.07) is 2.14. The number of nitrogens with zero attached hydrogens (tertiary/aromatic N) is 2. The molecule has 0 saturated heterocycles. The van der Waals surface area contributed by atoms with Gasteiger partial charge in [-0.3, -0.25) is 9.59 Å². The number of hydrogen-bond donors (Lipinski definition) is 1. The Morgan fingerprint density at radius 3 is 2.22 bits per heavy atom. The zero-order valence-electron chi connectivity index (χ0n) is 10.2. The van der Waals surface area contributed by atoms with Crippen LogP contribution in [0.5, 0.6) is 0 Å². The molecule has 0 aliphatic rings. The molecule has 0 aromatic carbocycles. The van der Waals surface area contributed by atoms with Gasteiger partial charge >= 0.3 is 0 Å². The summed E-state index contributed by atoms with van der Waals surface area (Å²) in [5.74, 6) is -0.626. The Kier molecular flexibility index (Phi) is 4.93. The number of aromatic nitrogens is 1. The van der Waals surface area contributed by atoms with Crippen LogP contribution in [0.2, 0.25) is 10.3 Å². The lowest BCUT2D eigenvalue weighted by atomic mass is 10.2. The molecule has 7 heteroatoms. The van der Waals surface area contributed by atoms with Gasteiger partial charge in [0, 0.05) is 19.7 Å². The number of likely N-dealkylation sites (N-methyl/N-ethyl adjacent to an activating group) is 1. The molecular weight excluding hydrogens is 277 g/mol. The number of rotatable bonds is 3. The third kappa shape index (κ3) is 3.85. The van der Waals surface area contributed by atoms with Gasteiger partial charge in [0.2, 0.25) is 5.91 Å². The number of amides is 2. The van der Waals surface area contributed by atoms with Crippen molar-refractivity contribution in [1.29, 1.82) is 0 Å². The van der Waals surface area contributed by atoms with Crippen molar-refractivity contribution in [2.45, 2.75) is 13.0 Å². The van der Waals surface area contributed by atoms with Gasteiger partial charge in [-0.2, -0.15) is 0 Å². The van der Waals surface area contributed by atoms with E-state index < -0.39 is 11.9 Å². The number of pyridine rings is 1. The van der Waals surface area contributed by atoms with Crippen LogP contribution < -0.4 is 5.32 Å². The van der Waals surface area contributed by atoms with E-state index in [1.54, 1.807) is 21.0 Å². The van der Waals surface area contributed by atoms with E-state index >= 15 is 0 Å². The molecule has 2 amide bonds. The van der Waals surface area contributed by atoms with E-state index in [1.807, 2.05) is 0 Å². The fourth-order valence-corrected chi connectivity index (χ4v) is 1.79. The van der Waals surface area contributed by atoms with Crippen LogP contribution >= 0.6 is 23.2 Å². The highest BCUT2D eigenvalue weighted by molar-refractivity contribution is 6.33. The Labute approximate surface area is 115 Å². The van der Waals surface area contributed by atoms with Gasteiger partial charge in [0.25, 0.3) is 5.91 Å². The molecule has 1 atom stereocenters. The van der Waals surface area contributed by atoms with Crippen LogP contribution in [-0.4, -0.2) is 41.8 Å². The topological polar surface area (TPSA) is 62.3 Å². The van der Waals surface area contributed by atoms with Crippen molar-refractivity contribution < 1.29 is 9.59 Å². The van der Waals surface area contributed by atoms with Crippen LogP contribution in [0.25, 0.3) is 0 Å². The smallest absolute Gasteiger partial charge is 0.252 e. The van der Waals surface area contributed by atoms with Crippen molar-refractivity contribution in [3.05, 3.63) is 28.0 Å². The molecule has 1 unspecified atom stereocenters. The zero-order valence-corrected chi connectivity index (χ0v) is 11.7. The predicted octanol–water partition coefficient (Wildman–Crippen LogP) is 1.59. The van der Waals surface area contributed by atoms with E-state index in [2.05, 4.69) is 10.3 Å². The minimum atomic E-state index is -0.627. The van der Waals surface area contributed by atoms with Crippen LogP contribution in [0, 0.1) is 0 Å². The summed E-state index contributed by atoms with van der Waals surface area (Å²) in [6.07, 6.45) is 0. The summed E-state index contributed by atoms with van der Waals surface area (Å²) in [6.45, 7) is 1.60. The second-order valence-electron chi connectivity index (χ2n) is 3.93. The van der Waals surface area contributed by atoms with Gasteiger partial charge in [-0.1, -0.05) is 23.2 Å². The van der Waals surface area contributed by atoms with E-state index in [0.717, 1.165) is 0 Å². The molecule has 0 bridgehead atoms. The SMILES string of the molecule is CC(NC(=O)c1cc(Cl)nc(Cl)c1)C(=O)N(C)C. The molecule has 1 heterocycles. The summed E-state index contributed by atoms with van der Waals surface area (Å²) < 4.78 is 0. The number of carbonyl (C=O) groups excluding carboxylic acids is 2. The van der Waals surface area contributed by atoms with E-state index in [0.29, 0.717) is 0 Å². The lowest BCUT2D eigenvalue weighted by Crippen LogP contribution is -2.44. The molecule has 1 aromatic heterocycles. The van der Waals surface area contributed by atoms with E-state index in [4.69, 9.17) is 23.2 Å². The van der Waals surface area contributed by atoms with Gasteiger partial charge in [0.05, 0.1) is 0 Å². The molecule has 1 rings (SSSR count). The van der Waals surface area contributed by atoms with Gasteiger partial charge in [-0.05, 0) is 19.1 Å². The second kappa shape index (κ2) is 6.02. The maximum atomic E-state index is 11.9. The average Bonchev–Trinajstić information content (AvgIpc) is 2.26. The molecule has 1 aromatic rings. The van der Waals surface area contributed by atoms with Crippen molar-refractivity contribution in [2.75, 3.05) is 14.1 Å². The molecule has 5 nitrogen and oxygen atoms in total. The molecule has 0 radical (unpaired) electrons. The largest absolute Gasteiger partial charge is 0.347 e. The van der Waals surface area contributed by atoms with Crippen LogP contribution in [0.4, 0.5) is 0 Å². The van der Waals surface area contributed by atoms with E-state index in [9.17, 15) is 9.59 Å². The van der Waals surface area contributed by atoms with Crippen LogP contribution in [0.15, 0.2) is 12.1 Å². The summed E-state index contributed by atoms with van der Waals surface area (Å²) in [5, 5.41) is 2.81. The predicted molar refractivity (Wildman–Crippen MR) is 69.9 cm³/mol. The normalized spacial score (nSPS) is 11.8. The molecule has 18 heavy (non-hydrogen) atoms. The average molecular weight is 290 g/mol. The second-order valence-corrected chi connectivity index (χ2v) is 4.70. The molecule has 0 fully saturated rings. The Bertz CT molecular complexity index is 457. The summed E-state index contributed by atoms with van der Waals surface area (Å²) in [7, 11) is 3.23. The van der Waals surface area contributed by atoms with Crippen LogP contribution in [0.1, 0.15) is 17.3 Å². The Morgan fingerprint density at radius 2 is 1.78 bits per heavy atom. The molecular formula is C11H13Cl2N3O2. The molecule has 0 spiro atoms. The van der Waals surface area contributed by atoms with Gasteiger partial charge in [0.15, 0.2) is 0 Å². The molecule has 0 saturated carbocycles. The number of halogens is 2. The van der Waals surface area contributed by atoms with Crippen molar-refractivity contribution in [1.82, 2.24) is 15.2 Å². The van der Waals surface area contributed by atoms with Crippen LogP contribution in [0.3, 0.4) is 0 Å². The summed E-state index contributed by atoms with van der Waals surface area (Å²) in [5.41, 5.74) is 0.262. The first-order valence-corrected chi connectivity index (χ1v) is 5.92. The minimum absolute atomic E-state index is 0.124. The van der Waals surface area contributed by atoms with E-state index in [1.165, 1.54) is 17.0 Å². The fourth-order valence-electron chi connectivity index (χ4n) is 1.32. The quantitative estimate of drug-likeness (QED) is 0.860. The Balaban J connectivity index is 2.79. The number of nitrogens with one attached hydrogen (secondary N) is 1. The van der Waals surface area contributed by atoms with Crippen LogP contribution in [-0.2, 0) is 4.79 Å². The molecule has 0 aliphatic heterocycles. The highest BCUT2D eigenvalue weighted by Crippen LogP contribution is 2.14. The first-order valence-electron chi connectivity index (χ1n) is 5.16. The maximum Gasteiger partial charge on any atom is 0.252 e. The standard InChI is InChI=1S/C11H13Cl2N3O2/c1-6(11(18)16(2)3)14-10(17)7-4-8(12)15-9(13)5-7/h4-6H,1-3H3,(H,14,17). The van der Waals surface area contributed by atoms with Crippen molar-refractivity contribution in [2.24, 2.45) is 0 Å². The van der Waals surface area contributed by atoms with Gasteiger partial charge in [0.1, 0.15) is 16.3 Å². The lowest BCUT2D eigenvalue weighted by Gasteiger charge is -2.18. The number of carbonyl (C=O) groups is 2. The summed E-state index contributed by atoms with van der Waals surface area (Å²) in [4.78, 5) is 28.6. The molecule has 98 valence electrons. The van der Waals surface area contributed by atoms with Crippen molar-refractivity contribution in [3.63, 3.8) is 0 Å².